The first-order chi connectivity index (χ1) is 15.0. The number of aromatic nitrogens is 2. The zero-order valence-electron chi connectivity index (χ0n) is 16.9. The van der Waals surface area contributed by atoms with Gasteiger partial charge in [-0.1, -0.05) is 35.3 Å². The van der Waals surface area contributed by atoms with Gasteiger partial charge in [-0.2, -0.15) is 0 Å². The summed E-state index contributed by atoms with van der Waals surface area (Å²) in [5.74, 6) is 0.276. The lowest BCUT2D eigenvalue weighted by molar-refractivity contribution is -0.121. The van der Waals surface area contributed by atoms with Gasteiger partial charge in [-0.15, -0.1) is 0 Å². The van der Waals surface area contributed by atoms with Crippen LogP contribution in [0.4, 0.5) is 4.39 Å². The molecular weight excluding hydrogens is 442 g/mol. The van der Waals surface area contributed by atoms with Gasteiger partial charge in [-0.3, -0.25) is 9.69 Å². The Kier molecular flexibility index (Phi) is 7.07. The van der Waals surface area contributed by atoms with Crippen LogP contribution in [0, 0.1) is 5.82 Å². The Labute approximate surface area is 189 Å². The van der Waals surface area contributed by atoms with E-state index in [4.69, 9.17) is 27.9 Å². The van der Waals surface area contributed by atoms with Gasteiger partial charge in [0.2, 0.25) is 5.91 Å². The molecule has 1 aromatic heterocycles. The molecule has 2 aromatic carbocycles. The van der Waals surface area contributed by atoms with E-state index in [0.717, 1.165) is 43.9 Å². The quantitative estimate of drug-likeness (QED) is 0.580. The van der Waals surface area contributed by atoms with Crippen molar-refractivity contribution in [2.24, 2.45) is 0 Å². The molecule has 0 bridgehead atoms. The molecule has 3 aromatic rings. The van der Waals surface area contributed by atoms with Gasteiger partial charge in [-0.25, -0.2) is 9.37 Å². The molecule has 1 saturated heterocycles. The summed E-state index contributed by atoms with van der Waals surface area (Å²) in [6.45, 7) is 4.66. The van der Waals surface area contributed by atoms with Crippen LogP contribution in [0.25, 0.3) is 11.0 Å². The van der Waals surface area contributed by atoms with Crippen LogP contribution in [0.15, 0.2) is 36.4 Å². The van der Waals surface area contributed by atoms with E-state index in [1.54, 1.807) is 24.3 Å². The summed E-state index contributed by atoms with van der Waals surface area (Å²) >= 11 is 12.4. The molecular formula is C22H23Cl2FN4O2. The fourth-order valence-electron chi connectivity index (χ4n) is 3.64. The molecule has 1 aliphatic heterocycles. The van der Waals surface area contributed by atoms with Crippen LogP contribution in [-0.4, -0.2) is 59.8 Å². The molecule has 31 heavy (non-hydrogen) atoms. The summed E-state index contributed by atoms with van der Waals surface area (Å²) in [6, 6.07) is 9.66. The molecule has 0 radical (unpaired) electrons. The zero-order valence-corrected chi connectivity index (χ0v) is 18.4. The highest BCUT2D eigenvalue weighted by atomic mass is 35.5. The van der Waals surface area contributed by atoms with Crippen LogP contribution in [0.2, 0.25) is 10.0 Å². The molecule has 1 aliphatic rings. The maximum Gasteiger partial charge on any atom is 0.240 e. The molecule has 4 rings (SSSR count). The number of fused-ring (bicyclic) bond motifs is 1. The lowest BCUT2D eigenvalue weighted by Gasteiger charge is -2.26. The van der Waals surface area contributed by atoms with Crippen molar-refractivity contribution in [2.45, 2.75) is 13.0 Å². The maximum absolute atomic E-state index is 13.3. The molecule has 2 heterocycles. The van der Waals surface area contributed by atoms with Crippen molar-refractivity contribution >= 4 is 40.1 Å². The van der Waals surface area contributed by atoms with Crippen LogP contribution < -0.4 is 5.32 Å². The molecule has 9 heteroatoms. The molecule has 1 amide bonds. The van der Waals surface area contributed by atoms with Gasteiger partial charge in [0.1, 0.15) is 18.2 Å². The second-order valence-corrected chi connectivity index (χ2v) is 8.29. The minimum Gasteiger partial charge on any atom is -0.379 e. The third-order valence-corrected chi connectivity index (χ3v) is 6.02. The third-order valence-electron chi connectivity index (χ3n) is 5.30. The Morgan fingerprint density at radius 2 is 1.84 bits per heavy atom. The van der Waals surface area contributed by atoms with E-state index in [2.05, 4.69) is 15.2 Å². The maximum atomic E-state index is 13.3. The van der Waals surface area contributed by atoms with Crippen LogP contribution in [0.1, 0.15) is 11.4 Å². The first-order valence-electron chi connectivity index (χ1n) is 10.1. The summed E-state index contributed by atoms with van der Waals surface area (Å²) < 4.78 is 20.5. The first kappa shape index (κ1) is 22.0. The molecule has 164 valence electrons. The number of carbonyl (C=O) groups is 1. The lowest BCUT2D eigenvalue weighted by Crippen LogP contribution is -2.41. The molecule has 0 unspecified atom stereocenters. The Hall–Kier alpha value is -2.19. The molecule has 0 aliphatic carbocycles. The highest BCUT2D eigenvalue weighted by molar-refractivity contribution is 6.42. The summed E-state index contributed by atoms with van der Waals surface area (Å²) in [7, 11) is 0. The molecule has 0 atom stereocenters. The van der Waals surface area contributed by atoms with Crippen molar-refractivity contribution in [3.63, 3.8) is 0 Å². The predicted octanol–water partition coefficient (Wildman–Crippen LogP) is 3.52. The summed E-state index contributed by atoms with van der Waals surface area (Å²) in [5.41, 5.74) is 2.28. The number of hydrogen-bond acceptors (Lipinski definition) is 4. The van der Waals surface area contributed by atoms with Gasteiger partial charge in [0.25, 0.3) is 0 Å². The van der Waals surface area contributed by atoms with E-state index >= 15 is 0 Å². The van der Waals surface area contributed by atoms with Crippen LogP contribution in [0.5, 0.6) is 0 Å². The number of rotatable bonds is 7. The number of nitrogens with one attached hydrogen (secondary N) is 1. The van der Waals surface area contributed by atoms with Crippen molar-refractivity contribution in [3.05, 3.63) is 63.6 Å². The average molecular weight is 465 g/mol. The van der Waals surface area contributed by atoms with E-state index in [1.165, 1.54) is 12.1 Å². The van der Waals surface area contributed by atoms with E-state index in [-0.39, 0.29) is 18.3 Å². The van der Waals surface area contributed by atoms with Gasteiger partial charge in [0.15, 0.2) is 0 Å². The molecule has 0 spiro atoms. The Balaban J connectivity index is 1.51. The van der Waals surface area contributed by atoms with E-state index in [1.807, 2.05) is 4.57 Å². The summed E-state index contributed by atoms with van der Waals surface area (Å²) in [6.07, 6.45) is 0.450. The van der Waals surface area contributed by atoms with Crippen molar-refractivity contribution < 1.29 is 13.9 Å². The molecule has 0 saturated carbocycles. The fraction of sp³-hybridized carbons (Fsp3) is 0.364. The van der Waals surface area contributed by atoms with Gasteiger partial charge < -0.3 is 14.6 Å². The van der Waals surface area contributed by atoms with Crippen molar-refractivity contribution in [1.82, 2.24) is 19.8 Å². The van der Waals surface area contributed by atoms with Crippen LogP contribution in [-0.2, 0) is 22.5 Å². The highest BCUT2D eigenvalue weighted by Crippen LogP contribution is 2.29. The minimum absolute atomic E-state index is 0.105. The number of ether oxygens (including phenoxy) is 1. The van der Waals surface area contributed by atoms with Crippen LogP contribution >= 0.6 is 23.2 Å². The average Bonchev–Trinajstić information content (AvgIpc) is 3.06. The first-order valence-corrected chi connectivity index (χ1v) is 10.9. The van der Waals surface area contributed by atoms with Gasteiger partial charge in [0.05, 0.1) is 34.3 Å². The Bertz CT molecular complexity index is 1070. The van der Waals surface area contributed by atoms with E-state index in [0.29, 0.717) is 34.4 Å². The van der Waals surface area contributed by atoms with Gasteiger partial charge in [-0.05, 0) is 29.8 Å². The number of halogens is 3. The largest absolute Gasteiger partial charge is 0.379 e. The smallest absolute Gasteiger partial charge is 0.240 e. The SMILES string of the molecule is O=C(Cn1c(Cc2ccc(F)cc2)nc2cc(Cl)c(Cl)cc21)NCCN1CCOCC1. The number of amides is 1. The third kappa shape index (κ3) is 5.54. The van der Waals surface area contributed by atoms with E-state index < -0.39 is 0 Å². The molecule has 1 N–H and O–H groups in total. The van der Waals surface area contributed by atoms with Crippen LogP contribution in [0.3, 0.4) is 0 Å². The van der Waals surface area contributed by atoms with Gasteiger partial charge in [0, 0.05) is 32.6 Å². The topological polar surface area (TPSA) is 59.4 Å². The molecule has 1 fully saturated rings. The molecule has 6 nitrogen and oxygen atoms in total. The highest BCUT2D eigenvalue weighted by Gasteiger charge is 2.17. The van der Waals surface area contributed by atoms with E-state index in [9.17, 15) is 9.18 Å². The second-order valence-electron chi connectivity index (χ2n) is 7.48. The summed E-state index contributed by atoms with van der Waals surface area (Å²) in [5, 5.41) is 3.78. The number of carbonyl (C=O) groups excluding carboxylic acids is 1. The monoisotopic (exact) mass is 464 g/mol. The number of hydrogen-bond donors (Lipinski definition) is 1. The second kappa shape index (κ2) is 9.96. The number of nitrogens with zero attached hydrogens (tertiary/aromatic N) is 3. The normalized spacial score (nSPS) is 14.8. The summed E-state index contributed by atoms with van der Waals surface area (Å²) in [4.78, 5) is 19.6. The Morgan fingerprint density at radius 3 is 2.58 bits per heavy atom. The van der Waals surface area contributed by atoms with Crippen molar-refractivity contribution in [1.29, 1.82) is 0 Å². The minimum atomic E-state index is -0.296. The van der Waals surface area contributed by atoms with Gasteiger partial charge >= 0.3 is 0 Å². The number of morpholine rings is 1. The lowest BCUT2D eigenvalue weighted by atomic mass is 10.1. The zero-order chi connectivity index (χ0) is 21.8. The number of benzene rings is 2. The fourth-order valence-corrected chi connectivity index (χ4v) is 3.96. The predicted molar refractivity (Wildman–Crippen MR) is 119 cm³/mol. The van der Waals surface area contributed by atoms with Crippen molar-refractivity contribution in [2.75, 3.05) is 39.4 Å². The Morgan fingerprint density at radius 1 is 1.13 bits per heavy atom. The standard InChI is InChI=1S/C22H23Cl2FN4O2/c23-17-12-19-20(13-18(17)24)29(21(27-19)11-15-1-3-16(25)4-2-15)14-22(30)26-5-6-28-7-9-31-10-8-28/h1-4,12-13H,5-11,14H2,(H,26,30). The number of imidazole rings is 1. The van der Waals surface area contributed by atoms with Crippen molar-refractivity contribution in [3.8, 4) is 0 Å².